The first-order valence-electron chi connectivity index (χ1n) is 6.28. The lowest BCUT2D eigenvalue weighted by Gasteiger charge is -1.92. The van der Waals surface area contributed by atoms with Gasteiger partial charge in [-0.2, -0.15) is 0 Å². The van der Waals surface area contributed by atoms with Crippen molar-refractivity contribution in [3.63, 3.8) is 0 Å². The van der Waals surface area contributed by atoms with E-state index in [0.29, 0.717) is 5.56 Å². The van der Waals surface area contributed by atoms with Crippen molar-refractivity contribution in [1.29, 1.82) is 5.53 Å². The lowest BCUT2D eigenvalue weighted by atomic mass is 10.1. The molecule has 0 atom stereocenters. The van der Waals surface area contributed by atoms with Gasteiger partial charge in [0.1, 0.15) is 0 Å². The van der Waals surface area contributed by atoms with E-state index in [1.165, 1.54) is 0 Å². The molecule has 0 spiro atoms. The van der Waals surface area contributed by atoms with Crippen LogP contribution in [-0.2, 0) is 0 Å². The fraction of sp³-hybridized carbons (Fsp3) is 0. The van der Waals surface area contributed by atoms with E-state index in [-0.39, 0.29) is 5.78 Å². The molecule has 0 aliphatic rings. The number of ketones is 1. The molecule has 2 aromatic carbocycles. The van der Waals surface area contributed by atoms with Gasteiger partial charge in [-0.15, -0.1) is 5.53 Å². The summed E-state index contributed by atoms with van der Waals surface area (Å²) in [5.41, 5.74) is 14.1. The maximum atomic E-state index is 11.7. The number of carbonyl (C=O) groups excluding carboxylic acids is 1. The van der Waals surface area contributed by atoms with Crippen LogP contribution in [0.1, 0.15) is 15.9 Å². The van der Waals surface area contributed by atoms with E-state index < -0.39 is 0 Å². The number of rotatable bonds is 4. The summed E-state index contributed by atoms with van der Waals surface area (Å²) >= 11 is 0. The first kappa shape index (κ1) is 16.0. The highest BCUT2D eigenvalue weighted by Crippen LogP contribution is 2.03. The summed E-state index contributed by atoms with van der Waals surface area (Å²) in [7, 11) is 0. The molecule has 21 heavy (non-hydrogen) atoms. The molecule has 0 saturated heterocycles. The quantitative estimate of drug-likeness (QED) is 0.209. The van der Waals surface area contributed by atoms with Gasteiger partial charge in [0.05, 0.1) is 0 Å². The van der Waals surface area contributed by atoms with Crippen LogP contribution in [0.3, 0.4) is 0 Å². The predicted octanol–water partition coefficient (Wildman–Crippen LogP) is 5.01. The monoisotopic (exact) mass is 277 g/mol. The Morgan fingerprint density at radius 2 is 1.48 bits per heavy atom. The Labute approximate surface area is 123 Å². The van der Waals surface area contributed by atoms with Gasteiger partial charge in [-0.1, -0.05) is 78.9 Å². The fourth-order valence-electron chi connectivity index (χ4n) is 1.57. The minimum absolute atomic E-state index is 0.0216. The van der Waals surface area contributed by atoms with Gasteiger partial charge >= 0.3 is 0 Å². The maximum Gasteiger partial charge on any atom is 0.185 e. The molecule has 0 fully saturated rings. The highest BCUT2D eigenvalue weighted by Gasteiger charge is 1.97. The maximum absolute atomic E-state index is 11.7. The highest BCUT2D eigenvalue weighted by molar-refractivity contribution is 6.04. The van der Waals surface area contributed by atoms with E-state index in [2.05, 4.69) is 0 Å². The van der Waals surface area contributed by atoms with Gasteiger partial charge in [0.15, 0.2) is 5.78 Å². The van der Waals surface area contributed by atoms with Crippen molar-refractivity contribution in [2.75, 3.05) is 0 Å². The van der Waals surface area contributed by atoms with E-state index in [0.717, 1.165) is 5.56 Å². The van der Waals surface area contributed by atoms with Gasteiger partial charge in [0.2, 0.25) is 0 Å². The molecule has 2 aromatic rings. The Kier molecular flexibility index (Phi) is 7.43. The standard InChI is InChI=1S/C17H14O.HN3/c18-17(16-12-5-2-6-13-16)14-8-7-11-15-9-3-1-4-10-15;1-3-2/h1-14H;1H. The molecule has 0 radical (unpaired) electrons. The van der Waals surface area contributed by atoms with E-state index in [1.54, 1.807) is 17.1 Å². The minimum Gasteiger partial charge on any atom is -0.289 e. The summed E-state index contributed by atoms with van der Waals surface area (Å²) in [5, 5.41) is 0. The zero-order valence-corrected chi connectivity index (χ0v) is 11.4. The van der Waals surface area contributed by atoms with Crippen LogP contribution in [0, 0.1) is 5.53 Å². The van der Waals surface area contributed by atoms with Gasteiger partial charge in [0.25, 0.3) is 0 Å². The van der Waals surface area contributed by atoms with Crippen LogP contribution in [0.5, 0.6) is 0 Å². The van der Waals surface area contributed by atoms with E-state index in [4.69, 9.17) is 11.1 Å². The van der Waals surface area contributed by atoms with Gasteiger partial charge in [0, 0.05) is 5.56 Å². The summed E-state index contributed by atoms with van der Waals surface area (Å²) < 4.78 is 0. The summed E-state index contributed by atoms with van der Waals surface area (Å²) in [6.07, 6.45) is 7.18. The van der Waals surface area contributed by atoms with E-state index in [9.17, 15) is 4.79 Å². The van der Waals surface area contributed by atoms with Crippen molar-refractivity contribution in [1.82, 2.24) is 0 Å². The Morgan fingerprint density at radius 1 is 0.952 bits per heavy atom. The van der Waals surface area contributed by atoms with Crippen molar-refractivity contribution in [3.8, 4) is 0 Å². The Hall–Kier alpha value is -3.10. The second-order valence-corrected chi connectivity index (χ2v) is 3.96. The van der Waals surface area contributed by atoms with Crippen molar-refractivity contribution in [2.45, 2.75) is 0 Å². The zero-order valence-electron chi connectivity index (χ0n) is 11.4. The molecule has 0 aliphatic carbocycles. The fourth-order valence-corrected chi connectivity index (χ4v) is 1.57. The normalized spacial score (nSPS) is 9.90. The second kappa shape index (κ2) is 9.78. The lowest BCUT2D eigenvalue weighted by molar-refractivity contribution is 0.104. The van der Waals surface area contributed by atoms with E-state index >= 15 is 0 Å². The van der Waals surface area contributed by atoms with Gasteiger partial charge < -0.3 is 0 Å². The molecule has 4 nitrogen and oxygen atoms in total. The molecule has 4 heteroatoms. The summed E-state index contributed by atoms with van der Waals surface area (Å²) in [6, 6.07) is 19.2. The number of allylic oxidation sites excluding steroid dienone is 3. The molecule has 0 aromatic heterocycles. The van der Waals surface area contributed by atoms with Crippen molar-refractivity contribution in [2.24, 2.45) is 0 Å². The van der Waals surface area contributed by atoms with Gasteiger partial charge in [-0.25, -0.2) is 0 Å². The third kappa shape index (κ3) is 6.57. The average Bonchev–Trinajstić information content (AvgIpc) is 2.54. The Bertz CT molecular complexity index is 640. The highest BCUT2D eigenvalue weighted by atomic mass is 16.1. The SMILES string of the molecule is O=C(C=CC=Cc1ccccc1)c1ccccc1.[N-]=[N+]=N. The molecule has 0 unspecified atom stereocenters. The number of hydrogen-bond donors (Lipinski definition) is 1. The Morgan fingerprint density at radius 3 is 2.05 bits per heavy atom. The summed E-state index contributed by atoms with van der Waals surface area (Å²) in [6.45, 7) is 0. The van der Waals surface area contributed by atoms with Gasteiger partial charge in [-0.3, -0.25) is 4.79 Å². The molecule has 2 rings (SSSR count). The third-order valence-corrected chi connectivity index (χ3v) is 2.51. The summed E-state index contributed by atoms with van der Waals surface area (Å²) in [4.78, 5) is 13.5. The first-order valence-corrected chi connectivity index (χ1v) is 6.28. The minimum atomic E-state index is 0.0216. The van der Waals surface area contributed by atoms with Crippen LogP contribution >= 0.6 is 0 Å². The number of carbonyl (C=O) groups is 1. The molecular formula is C17H15N3O. The predicted molar refractivity (Wildman–Crippen MR) is 84.8 cm³/mol. The topological polar surface area (TPSA) is 77.3 Å². The van der Waals surface area contributed by atoms with Gasteiger partial charge in [-0.05, 0) is 22.1 Å². The third-order valence-electron chi connectivity index (χ3n) is 2.51. The van der Waals surface area contributed by atoms with E-state index in [1.807, 2.05) is 72.8 Å². The van der Waals surface area contributed by atoms with Crippen LogP contribution in [0.25, 0.3) is 16.5 Å². The number of nitrogens with one attached hydrogen (secondary N) is 1. The zero-order chi connectivity index (χ0) is 15.3. The van der Waals surface area contributed by atoms with Crippen molar-refractivity contribution in [3.05, 3.63) is 100 Å². The number of hydrogen-bond acceptors (Lipinski definition) is 2. The number of nitrogens with zero attached hydrogens (tertiary/aromatic N) is 2. The second-order valence-electron chi connectivity index (χ2n) is 3.96. The van der Waals surface area contributed by atoms with Crippen LogP contribution in [0.4, 0.5) is 0 Å². The lowest BCUT2D eigenvalue weighted by Crippen LogP contribution is -1.92. The van der Waals surface area contributed by atoms with Crippen LogP contribution in [0.15, 0.2) is 78.9 Å². The van der Waals surface area contributed by atoms with Crippen LogP contribution in [0.2, 0.25) is 0 Å². The smallest absolute Gasteiger partial charge is 0.185 e. The largest absolute Gasteiger partial charge is 0.289 e. The first-order chi connectivity index (χ1) is 10.3. The van der Waals surface area contributed by atoms with Crippen molar-refractivity contribution >= 4 is 11.9 Å². The molecule has 0 heterocycles. The number of benzene rings is 2. The van der Waals surface area contributed by atoms with Crippen LogP contribution < -0.4 is 0 Å². The molecule has 104 valence electrons. The Balaban J connectivity index is 0.000000677. The average molecular weight is 277 g/mol. The molecule has 1 N–H and O–H groups in total. The van der Waals surface area contributed by atoms with Crippen LogP contribution in [-0.4, -0.2) is 5.78 Å². The molecule has 0 amide bonds. The molecule has 0 saturated carbocycles. The molecular weight excluding hydrogens is 262 g/mol. The molecule has 0 aliphatic heterocycles. The molecule has 0 bridgehead atoms. The summed E-state index contributed by atoms with van der Waals surface area (Å²) in [5.74, 6) is 0.0216. The van der Waals surface area contributed by atoms with Crippen molar-refractivity contribution < 1.29 is 4.79 Å².